The van der Waals surface area contributed by atoms with Crippen molar-refractivity contribution in [1.29, 1.82) is 0 Å². The highest BCUT2D eigenvalue weighted by Gasteiger charge is 2.15. The highest BCUT2D eigenvalue weighted by Crippen LogP contribution is 2.39. The van der Waals surface area contributed by atoms with Gasteiger partial charge >= 0.3 is 7.69 Å². The second kappa shape index (κ2) is 5.03. The van der Waals surface area contributed by atoms with Gasteiger partial charge in [0.25, 0.3) is 0 Å². The molecule has 2 rings (SSSR count). The van der Waals surface area contributed by atoms with E-state index in [1.807, 2.05) is 0 Å². The van der Waals surface area contributed by atoms with E-state index < -0.39 is 7.69 Å². The van der Waals surface area contributed by atoms with Crippen molar-refractivity contribution in [2.24, 2.45) is 0 Å². The summed E-state index contributed by atoms with van der Waals surface area (Å²) in [5.41, 5.74) is 4.27. The maximum Gasteiger partial charge on any atom is 0.432 e. The first-order chi connectivity index (χ1) is 6.76. The van der Waals surface area contributed by atoms with E-state index >= 15 is 0 Å². The van der Waals surface area contributed by atoms with E-state index in [9.17, 15) is 0 Å². The lowest BCUT2D eigenvalue weighted by molar-refractivity contribution is 0.448. The molecule has 0 fully saturated rings. The second-order valence-electron chi connectivity index (χ2n) is 3.08. The molecule has 0 heterocycles. The Labute approximate surface area is 85.3 Å². The van der Waals surface area contributed by atoms with Crippen molar-refractivity contribution in [2.75, 3.05) is 18.0 Å². The van der Waals surface area contributed by atoms with E-state index in [0.717, 1.165) is 13.1 Å². The Bertz CT molecular complexity index is 280. The highest BCUT2D eigenvalue weighted by molar-refractivity contribution is 6.13. The van der Waals surface area contributed by atoms with Crippen molar-refractivity contribution in [3.8, 4) is 11.1 Å². The minimum absolute atomic E-state index is 0.750. The van der Waals surface area contributed by atoms with Gasteiger partial charge in [-0.3, -0.25) is 0 Å². The van der Waals surface area contributed by atoms with Gasteiger partial charge in [-0.05, 0) is 43.2 Å². The quantitative estimate of drug-likeness (QED) is 0.707. The average Bonchev–Trinajstić information content (AvgIpc) is 2.77. The standard InChI is InChI=1S/C10H13N.BH3O2/c1-3-11(4-2)10-6-8-5-9(8)7-10;2-1-3/h5-7H,3-4H2,1-2H3;1-3H. The summed E-state index contributed by atoms with van der Waals surface area (Å²) >= 11 is 0. The number of nitrogens with zero attached hydrogens (tertiary/aromatic N) is 1. The van der Waals surface area contributed by atoms with E-state index in [-0.39, 0.29) is 0 Å². The fourth-order valence-electron chi connectivity index (χ4n) is 1.51. The van der Waals surface area contributed by atoms with Crippen LogP contribution in [0.4, 0.5) is 5.69 Å². The van der Waals surface area contributed by atoms with Crippen molar-refractivity contribution in [2.45, 2.75) is 13.8 Å². The first-order valence-electron chi connectivity index (χ1n) is 4.88. The minimum atomic E-state index is -0.750. The van der Waals surface area contributed by atoms with Gasteiger partial charge < -0.3 is 14.9 Å². The third kappa shape index (κ3) is 2.50. The molecule has 0 bridgehead atoms. The molecule has 0 aromatic rings. The van der Waals surface area contributed by atoms with E-state index in [0.29, 0.717) is 0 Å². The van der Waals surface area contributed by atoms with Crippen molar-refractivity contribution in [3.05, 3.63) is 18.2 Å². The summed E-state index contributed by atoms with van der Waals surface area (Å²) in [4.78, 5) is 2.38. The van der Waals surface area contributed by atoms with Crippen LogP contribution in [0.25, 0.3) is 11.1 Å². The molecular weight excluding hydrogens is 177 g/mol. The molecule has 0 aromatic heterocycles. The van der Waals surface area contributed by atoms with E-state index in [4.69, 9.17) is 10.0 Å². The first kappa shape index (κ1) is 11.1. The SMILES string of the molecule is CCN(CC)c1cc2cc-2c1.OBO. The molecule has 0 saturated heterocycles. The Morgan fingerprint density at radius 2 is 1.50 bits per heavy atom. The third-order valence-corrected chi connectivity index (χ3v) is 2.30. The molecule has 0 spiro atoms. The van der Waals surface area contributed by atoms with Gasteiger partial charge in [0, 0.05) is 18.8 Å². The molecule has 0 atom stereocenters. The molecule has 2 aliphatic carbocycles. The molecule has 4 heteroatoms. The summed E-state index contributed by atoms with van der Waals surface area (Å²) in [6, 6.07) is 6.75. The van der Waals surface area contributed by atoms with Crippen molar-refractivity contribution in [1.82, 2.24) is 0 Å². The average molecular weight is 193 g/mol. The highest BCUT2D eigenvalue weighted by atomic mass is 16.4. The van der Waals surface area contributed by atoms with Crippen LogP contribution in [0.1, 0.15) is 13.8 Å². The van der Waals surface area contributed by atoms with Crippen LogP contribution in [0, 0.1) is 0 Å². The normalized spacial score (nSPS) is 10.0. The van der Waals surface area contributed by atoms with Crippen LogP contribution in [0.2, 0.25) is 0 Å². The maximum atomic E-state index is 7.12. The largest absolute Gasteiger partial charge is 0.432 e. The summed E-state index contributed by atoms with van der Waals surface area (Å²) in [6.45, 7) is 6.61. The molecule has 2 N–H and O–H groups in total. The lowest BCUT2D eigenvalue weighted by Crippen LogP contribution is -2.20. The molecule has 3 nitrogen and oxygen atoms in total. The van der Waals surface area contributed by atoms with E-state index in [2.05, 4.69) is 36.9 Å². The minimum Gasteiger partial charge on any atom is -0.430 e. The van der Waals surface area contributed by atoms with Crippen LogP contribution in [-0.4, -0.2) is 30.8 Å². The summed E-state index contributed by atoms with van der Waals surface area (Å²) in [6.07, 6.45) is 0. The zero-order valence-corrected chi connectivity index (χ0v) is 8.70. The van der Waals surface area contributed by atoms with Gasteiger partial charge in [0.05, 0.1) is 0 Å². The zero-order chi connectivity index (χ0) is 10.6. The number of hydrogen-bond acceptors (Lipinski definition) is 3. The van der Waals surface area contributed by atoms with Crippen molar-refractivity contribution >= 4 is 13.4 Å². The predicted molar refractivity (Wildman–Crippen MR) is 60.6 cm³/mol. The van der Waals surface area contributed by atoms with Gasteiger partial charge in [-0.25, -0.2) is 0 Å². The molecule has 14 heavy (non-hydrogen) atoms. The van der Waals surface area contributed by atoms with Crippen LogP contribution in [0.15, 0.2) is 18.2 Å². The van der Waals surface area contributed by atoms with Gasteiger partial charge in [0.1, 0.15) is 0 Å². The molecule has 76 valence electrons. The maximum absolute atomic E-state index is 7.12. The van der Waals surface area contributed by atoms with Crippen LogP contribution in [0.5, 0.6) is 0 Å². The van der Waals surface area contributed by atoms with Gasteiger partial charge in [0.2, 0.25) is 0 Å². The van der Waals surface area contributed by atoms with Gasteiger partial charge in [0.15, 0.2) is 0 Å². The Kier molecular flexibility index (Phi) is 3.98. The molecule has 0 aromatic carbocycles. The van der Waals surface area contributed by atoms with Crippen LogP contribution in [0.3, 0.4) is 0 Å². The van der Waals surface area contributed by atoms with Crippen molar-refractivity contribution in [3.63, 3.8) is 0 Å². The summed E-state index contributed by atoms with van der Waals surface area (Å²) in [7, 11) is -0.750. The number of anilines is 1. The van der Waals surface area contributed by atoms with Crippen LogP contribution in [-0.2, 0) is 0 Å². The molecule has 0 saturated carbocycles. The zero-order valence-electron chi connectivity index (χ0n) is 8.70. The topological polar surface area (TPSA) is 43.7 Å². The van der Waals surface area contributed by atoms with Crippen LogP contribution >= 0.6 is 0 Å². The fourth-order valence-corrected chi connectivity index (χ4v) is 1.51. The number of rotatable bonds is 3. The fraction of sp³-hybridized carbons (Fsp3) is 0.400. The Morgan fingerprint density at radius 3 is 1.86 bits per heavy atom. The first-order valence-corrected chi connectivity index (χ1v) is 4.88. The van der Waals surface area contributed by atoms with E-state index in [1.165, 1.54) is 16.8 Å². The molecular formula is C10H16BNO2. The monoisotopic (exact) mass is 193 g/mol. The Hall–Kier alpha value is -0.995. The van der Waals surface area contributed by atoms with Crippen LogP contribution < -0.4 is 4.90 Å². The smallest absolute Gasteiger partial charge is 0.430 e. The number of hydrogen-bond donors (Lipinski definition) is 2. The lowest BCUT2D eigenvalue weighted by Gasteiger charge is -2.18. The predicted octanol–water partition coefficient (Wildman–Crippen LogP) is 0.751. The summed E-state index contributed by atoms with van der Waals surface area (Å²) in [5.74, 6) is 0. The molecule has 0 unspecified atom stereocenters. The van der Waals surface area contributed by atoms with E-state index in [1.54, 1.807) is 0 Å². The Morgan fingerprint density at radius 1 is 1.07 bits per heavy atom. The third-order valence-electron chi connectivity index (χ3n) is 2.30. The van der Waals surface area contributed by atoms with Gasteiger partial charge in [-0.1, -0.05) is 0 Å². The molecule has 0 amide bonds. The molecule has 2 aliphatic rings. The molecule has 0 radical (unpaired) electrons. The number of benzene rings is 1. The number of fused-ring (bicyclic) bond motifs is 1. The van der Waals surface area contributed by atoms with Gasteiger partial charge in [-0.15, -0.1) is 0 Å². The van der Waals surface area contributed by atoms with Gasteiger partial charge in [-0.2, -0.15) is 0 Å². The lowest BCUT2D eigenvalue weighted by atomic mass is 10.4. The second-order valence-corrected chi connectivity index (χ2v) is 3.08. The summed E-state index contributed by atoms with van der Waals surface area (Å²) in [5, 5.41) is 14.2. The Balaban J connectivity index is 0.000000293. The molecule has 0 aliphatic heterocycles. The van der Waals surface area contributed by atoms with Crippen molar-refractivity contribution < 1.29 is 10.0 Å². The summed E-state index contributed by atoms with van der Waals surface area (Å²) < 4.78 is 0.